The summed E-state index contributed by atoms with van der Waals surface area (Å²) in [6.45, 7) is 3.60. The van der Waals surface area contributed by atoms with Gasteiger partial charge in [-0.3, -0.25) is 10.2 Å². The Bertz CT molecular complexity index is 1630. The van der Waals surface area contributed by atoms with Crippen molar-refractivity contribution in [1.29, 1.82) is 0 Å². The zero-order valence-electron chi connectivity index (χ0n) is 25.9. The highest BCUT2D eigenvalue weighted by atomic mass is 19.2. The maximum Gasteiger partial charge on any atom is 0.320 e. The molecule has 45 heavy (non-hydrogen) atoms. The number of carbonyl (C=O) groups is 1. The average Bonchev–Trinajstić information content (AvgIpc) is 3.57. The summed E-state index contributed by atoms with van der Waals surface area (Å²) < 4.78 is 40.1. The number of urea groups is 1. The van der Waals surface area contributed by atoms with Crippen LogP contribution in [0.1, 0.15) is 22.8 Å². The second kappa shape index (κ2) is 14.1. The van der Waals surface area contributed by atoms with Crippen molar-refractivity contribution in [3.63, 3.8) is 0 Å². The standard InChI is InChI=1S/C32H37F2N7O4/c1-20-28(22-15-23(18-39(2)3)31(44-5)35-17-22)38-41(24-9-7-6-8-10-24)30(20)37-32(42)36-27-19-40(13-14-43-4)45-29(27)21-11-12-25(33)26(34)16-21/h6-12,15-17,27,29H,13-14,18-19H2,1-5H3,(H2,36,37,42)/t27-,29+/m1/s1. The van der Waals surface area contributed by atoms with E-state index >= 15 is 0 Å². The van der Waals surface area contributed by atoms with E-state index in [2.05, 4.69) is 15.6 Å². The molecule has 1 aliphatic heterocycles. The lowest BCUT2D eigenvalue weighted by atomic mass is 10.0. The van der Waals surface area contributed by atoms with Gasteiger partial charge in [0.05, 0.1) is 31.1 Å². The van der Waals surface area contributed by atoms with Crippen LogP contribution in [-0.4, -0.2) is 84.8 Å². The molecule has 5 rings (SSSR count). The molecule has 11 nitrogen and oxygen atoms in total. The van der Waals surface area contributed by atoms with E-state index in [1.807, 2.05) is 62.3 Å². The summed E-state index contributed by atoms with van der Waals surface area (Å²) in [6, 6.07) is 13.9. The summed E-state index contributed by atoms with van der Waals surface area (Å²) in [5.41, 5.74) is 4.15. The smallest absolute Gasteiger partial charge is 0.320 e. The number of rotatable bonds is 11. The van der Waals surface area contributed by atoms with E-state index in [1.54, 1.807) is 30.2 Å². The van der Waals surface area contributed by atoms with Crippen LogP contribution in [0.5, 0.6) is 5.88 Å². The molecule has 0 aliphatic carbocycles. The van der Waals surface area contributed by atoms with Crippen molar-refractivity contribution in [2.45, 2.75) is 25.6 Å². The first-order chi connectivity index (χ1) is 21.7. The van der Waals surface area contributed by atoms with Gasteiger partial charge in [0.2, 0.25) is 5.88 Å². The van der Waals surface area contributed by atoms with E-state index in [9.17, 15) is 13.6 Å². The number of aromatic nitrogens is 3. The highest BCUT2D eigenvalue weighted by Gasteiger charge is 2.37. The highest BCUT2D eigenvalue weighted by Crippen LogP contribution is 2.33. The Morgan fingerprint density at radius 1 is 1.11 bits per heavy atom. The van der Waals surface area contributed by atoms with Crippen molar-refractivity contribution in [1.82, 2.24) is 30.0 Å². The second-order valence-corrected chi connectivity index (χ2v) is 11.0. The average molecular weight is 622 g/mol. The van der Waals surface area contributed by atoms with Crippen LogP contribution < -0.4 is 15.4 Å². The van der Waals surface area contributed by atoms with Gasteiger partial charge in [0.25, 0.3) is 0 Å². The molecule has 2 aromatic heterocycles. The summed E-state index contributed by atoms with van der Waals surface area (Å²) >= 11 is 0. The van der Waals surface area contributed by atoms with Gasteiger partial charge in [0.1, 0.15) is 11.9 Å². The Balaban J connectivity index is 1.46. The van der Waals surface area contributed by atoms with Crippen molar-refractivity contribution >= 4 is 11.8 Å². The Hall–Kier alpha value is -4.43. The van der Waals surface area contributed by atoms with Gasteiger partial charge in [0, 0.05) is 49.6 Å². The molecular weight excluding hydrogens is 584 g/mol. The van der Waals surface area contributed by atoms with Gasteiger partial charge >= 0.3 is 6.03 Å². The number of anilines is 1. The number of methoxy groups -OCH3 is 2. The Morgan fingerprint density at radius 2 is 1.89 bits per heavy atom. The van der Waals surface area contributed by atoms with Crippen LogP contribution in [0, 0.1) is 18.6 Å². The molecule has 3 heterocycles. The zero-order chi connectivity index (χ0) is 32.1. The summed E-state index contributed by atoms with van der Waals surface area (Å²) in [5, 5.41) is 12.5. The van der Waals surface area contributed by atoms with Crippen molar-refractivity contribution < 1.29 is 27.9 Å². The van der Waals surface area contributed by atoms with Gasteiger partial charge in [-0.25, -0.2) is 23.2 Å². The fourth-order valence-electron chi connectivity index (χ4n) is 5.28. The molecule has 0 bridgehead atoms. The maximum absolute atomic E-state index is 14.1. The molecule has 13 heteroatoms. The van der Waals surface area contributed by atoms with E-state index in [-0.39, 0.29) is 0 Å². The van der Waals surface area contributed by atoms with Crippen LogP contribution in [0.15, 0.2) is 60.8 Å². The molecule has 4 aromatic rings. The molecule has 1 aliphatic rings. The van der Waals surface area contributed by atoms with Crippen molar-refractivity contribution in [2.75, 3.05) is 53.3 Å². The van der Waals surface area contributed by atoms with Crippen molar-refractivity contribution in [3.8, 4) is 22.8 Å². The lowest BCUT2D eigenvalue weighted by Crippen LogP contribution is -2.42. The first-order valence-electron chi connectivity index (χ1n) is 14.4. The van der Waals surface area contributed by atoms with Gasteiger partial charge < -0.3 is 19.7 Å². The third-order valence-electron chi connectivity index (χ3n) is 7.40. The molecule has 0 spiro atoms. The third kappa shape index (κ3) is 7.28. The molecule has 2 aromatic carbocycles. The number of nitrogens with zero attached hydrogens (tertiary/aromatic N) is 5. The number of carbonyl (C=O) groups excluding carboxylic acids is 1. The number of nitrogens with one attached hydrogen (secondary N) is 2. The largest absolute Gasteiger partial charge is 0.481 e. The molecule has 2 atom stereocenters. The summed E-state index contributed by atoms with van der Waals surface area (Å²) in [4.78, 5) is 26.2. The van der Waals surface area contributed by atoms with Gasteiger partial charge in [-0.15, -0.1) is 0 Å². The van der Waals surface area contributed by atoms with E-state index in [1.165, 1.54) is 6.07 Å². The lowest BCUT2D eigenvalue weighted by Gasteiger charge is -2.20. The number of halogens is 2. The molecule has 2 amide bonds. The minimum absolute atomic E-state index is 0.300. The quantitative estimate of drug-likeness (QED) is 0.248. The van der Waals surface area contributed by atoms with Crippen LogP contribution >= 0.6 is 0 Å². The number of hydrogen-bond acceptors (Lipinski definition) is 8. The van der Waals surface area contributed by atoms with Gasteiger partial charge in [0.15, 0.2) is 11.6 Å². The molecule has 238 valence electrons. The third-order valence-corrected chi connectivity index (χ3v) is 7.40. The van der Waals surface area contributed by atoms with E-state index < -0.39 is 29.8 Å². The van der Waals surface area contributed by atoms with Crippen molar-refractivity contribution in [3.05, 3.63) is 89.1 Å². The SMILES string of the molecule is COCCN1C[C@@H](NC(=O)Nc2c(C)c(-c3cnc(OC)c(CN(C)C)c3)nn2-c2ccccc2)[C@H](c2ccc(F)c(F)c2)O1. The number of amides is 2. The van der Waals surface area contributed by atoms with E-state index in [0.717, 1.165) is 34.5 Å². The molecule has 0 unspecified atom stereocenters. The Kier molecular flexibility index (Phi) is 10.0. The van der Waals surface area contributed by atoms with Gasteiger partial charge in [-0.05, 0) is 56.9 Å². The van der Waals surface area contributed by atoms with E-state index in [4.69, 9.17) is 19.4 Å². The first-order valence-corrected chi connectivity index (χ1v) is 14.4. The predicted octanol–water partition coefficient (Wildman–Crippen LogP) is 4.72. The van der Waals surface area contributed by atoms with Crippen LogP contribution in [0.3, 0.4) is 0 Å². The number of pyridine rings is 1. The number of benzene rings is 2. The van der Waals surface area contributed by atoms with Crippen LogP contribution in [-0.2, 0) is 16.1 Å². The fourth-order valence-corrected chi connectivity index (χ4v) is 5.28. The van der Waals surface area contributed by atoms with Crippen LogP contribution in [0.2, 0.25) is 0 Å². The molecule has 1 fully saturated rings. The first kappa shape index (κ1) is 32.0. The monoisotopic (exact) mass is 621 g/mol. The second-order valence-electron chi connectivity index (χ2n) is 11.0. The van der Waals surface area contributed by atoms with Crippen LogP contribution in [0.4, 0.5) is 19.4 Å². The minimum Gasteiger partial charge on any atom is -0.481 e. The Labute approximate surface area is 260 Å². The lowest BCUT2D eigenvalue weighted by molar-refractivity contribution is -0.154. The Morgan fingerprint density at radius 3 is 2.58 bits per heavy atom. The predicted molar refractivity (Wildman–Crippen MR) is 165 cm³/mol. The fraction of sp³-hybridized carbons (Fsp3) is 0.344. The number of para-hydroxylation sites is 1. The number of hydroxylamine groups is 2. The summed E-state index contributed by atoms with van der Waals surface area (Å²) in [7, 11) is 7.08. The minimum atomic E-state index is -0.994. The number of hydrogen-bond donors (Lipinski definition) is 2. The number of ether oxygens (including phenoxy) is 2. The molecule has 0 saturated carbocycles. The van der Waals surface area contributed by atoms with Gasteiger partial charge in [-0.1, -0.05) is 24.3 Å². The molecule has 0 radical (unpaired) electrons. The summed E-state index contributed by atoms with van der Waals surface area (Å²) in [6.07, 6.45) is 0.947. The highest BCUT2D eigenvalue weighted by molar-refractivity contribution is 5.91. The van der Waals surface area contributed by atoms with Crippen LogP contribution in [0.25, 0.3) is 16.9 Å². The molecule has 1 saturated heterocycles. The van der Waals surface area contributed by atoms with Gasteiger partial charge in [-0.2, -0.15) is 10.2 Å². The molecular formula is C32H37F2N7O4. The van der Waals surface area contributed by atoms with E-state index in [0.29, 0.717) is 49.2 Å². The topological polar surface area (TPSA) is 106 Å². The molecule has 2 N–H and O–H groups in total. The maximum atomic E-state index is 14.1. The normalized spacial score (nSPS) is 16.7. The van der Waals surface area contributed by atoms with Crippen molar-refractivity contribution in [2.24, 2.45) is 0 Å². The summed E-state index contributed by atoms with van der Waals surface area (Å²) in [5.74, 6) is -0.972. The zero-order valence-corrected chi connectivity index (χ0v) is 25.9.